The third kappa shape index (κ3) is 6.47. The van der Waals surface area contributed by atoms with Crippen molar-refractivity contribution in [1.29, 1.82) is 0 Å². The summed E-state index contributed by atoms with van der Waals surface area (Å²) in [4.78, 5) is 35.5. The molecule has 142 valence electrons. The van der Waals surface area contributed by atoms with Gasteiger partial charge >= 0.3 is 5.97 Å². The molecule has 0 saturated carbocycles. The number of nitrogens with one attached hydrogen (secondary N) is 2. The minimum Gasteiger partial charge on any atom is -0.494 e. The number of hydrogen-bond donors (Lipinski definition) is 2. The van der Waals surface area contributed by atoms with Crippen molar-refractivity contribution >= 4 is 29.2 Å². The van der Waals surface area contributed by atoms with Crippen LogP contribution in [0.15, 0.2) is 48.5 Å². The Morgan fingerprint density at radius 2 is 1.30 bits per heavy atom. The average molecular weight is 370 g/mol. The smallest absolute Gasteiger partial charge is 0.338 e. The molecule has 0 aliphatic carbocycles. The summed E-state index contributed by atoms with van der Waals surface area (Å²) in [5.74, 6) is -0.605. The van der Waals surface area contributed by atoms with Crippen molar-refractivity contribution in [2.45, 2.75) is 20.3 Å². The van der Waals surface area contributed by atoms with Crippen LogP contribution >= 0.6 is 0 Å². The van der Waals surface area contributed by atoms with Gasteiger partial charge in [-0.1, -0.05) is 0 Å². The molecule has 2 N–H and O–H groups in total. The molecule has 0 saturated heterocycles. The van der Waals surface area contributed by atoms with Gasteiger partial charge in [-0.25, -0.2) is 4.79 Å². The monoisotopic (exact) mass is 370 g/mol. The molecule has 0 aliphatic heterocycles. The Hall–Kier alpha value is -3.35. The normalized spacial score (nSPS) is 10.0. The van der Waals surface area contributed by atoms with Crippen LogP contribution in [0.2, 0.25) is 0 Å². The fraction of sp³-hybridized carbons (Fsp3) is 0.250. The third-order valence-corrected chi connectivity index (χ3v) is 3.45. The van der Waals surface area contributed by atoms with Crippen molar-refractivity contribution in [2.24, 2.45) is 0 Å². The minimum atomic E-state index is -0.456. The summed E-state index contributed by atoms with van der Waals surface area (Å²) < 4.78 is 10.2. The maximum atomic E-state index is 12.0. The van der Waals surface area contributed by atoms with Gasteiger partial charge in [0, 0.05) is 11.4 Å². The Morgan fingerprint density at radius 1 is 0.778 bits per heavy atom. The van der Waals surface area contributed by atoms with Gasteiger partial charge < -0.3 is 20.1 Å². The SMILES string of the molecule is CCOC(=O)c1ccc(NC(=O)CC(=O)Nc2ccc(OCC)cc2)cc1. The van der Waals surface area contributed by atoms with Crippen molar-refractivity contribution in [3.63, 3.8) is 0 Å². The molecular weight excluding hydrogens is 348 g/mol. The molecule has 0 unspecified atom stereocenters. The molecule has 0 bridgehead atoms. The molecule has 0 atom stereocenters. The predicted molar refractivity (Wildman–Crippen MR) is 102 cm³/mol. The van der Waals surface area contributed by atoms with Crippen LogP contribution in [-0.4, -0.2) is 31.0 Å². The first kappa shape index (κ1) is 20.0. The molecule has 0 aromatic heterocycles. The summed E-state index contributed by atoms with van der Waals surface area (Å²) in [7, 11) is 0. The maximum Gasteiger partial charge on any atom is 0.338 e. The van der Waals surface area contributed by atoms with Crippen molar-refractivity contribution in [2.75, 3.05) is 23.8 Å². The molecule has 0 heterocycles. The zero-order chi connectivity index (χ0) is 19.6. The van der Waals surface area contributed by atoms with E-state index in [0.29, 0.717) is 35.9 Å². The van der Waals surface area contributed by atoms with E-state index in [1.54, 1.807) is 55.5 Å². The highest BCUT2D eigenvalue weighted by Gasteiger charge is 2.11. The van der Waals surface area contributed by atoms with E-state index in [2.05, 4.69) is 10.6 Å². The first-order chi connectivity index (χ1) is 13.0. The van der Waals surface area contributed by atoms with Gasteiger partial charge in [0.15, 0.2) is 0 Å². The quantitative estimate of drug-likeness (QED) is 0.550. The van der Waals surface area contributed by atoms with E-state index in [-0.39, 0.29) is 6.42 Å². The fourth-order valence-electron chi connectivity index (χ4n) is 2.26. The second-order valence-electron chi connectivity index (χ2n) is 5.53. The highest BCUT2D eigenvalue weighted by molar-refractivity contribution is 6.08. The van der Waals surface area contributed by atoms with Crippen LogP contribution < -0.4 is 15.4 Å². The minimum absolute atomic E-state index is 0.292. The average Bonchev–Trinajstić information content (AvgIpc) is 2.64. The number of amides is 2. The summed E-state index contributed by atoms with van der Waals surface area (Å²) in [5, 5.41) is 5.26. The highest BCUT2D eigenvalue weighted by Crippen LogP contribution is 2.16. The number of anilines is 2. The lowest BCUT2D eigenvalue weighted by molar-refractivity contribution is -0.123. The summed E-state index contributed by atoms with van der Waals surface area (Å²) >= 11 is 0. The molecule has 2 rings (SSSR count). The van der Waals surface area contributed by atoms with Crippen LogP contribution in [0.3, 0.4) is 0 Å². The molecule has 7 heteroatoms. The Bertz CT molecular complexity index is 785. The molecular formula is C20H22N2O5. The van der Waals surface area contributed by atoms with E-state index >= 15 is 0 Å². The van der Waals surface area contributed by atoms with Crippen molar-refractivity contribution in [3.8, 4) is 5.75 Å². The van der Waals surface area contributed by atoms with E-state index in [1.807, 2.05) is 6.92 Å². The van der Waals surface area contributed by atoms with Crippen LogP contribution in [-0.2, 0) is 14.3 Å². The number of carbonyl (C=O) groups is 3. The molecule has 27 heavy (non-hydrogen) atoms. The predicted octanol–water partition coefficient (Wildman–Crippen LogP) is 3.23. The summed E-state index contributed by atoms with van der Waals surface area (Å²) in [6, 6.07) is 13.1. The van der Waals surface area contributed by atoms with Crippen LogP contribution in [0.4, 0.5) is 11.4 Å². The van der Waals surface area contributed by atoms with Gasteiger partial charge in [0.2, 0.25) is 11.8 Å². The van der Waals surface area contributed by atoms with Gasteiger partial charge in [-0.15, -0.1) is 0 Å². The van der Waals surface area contributed by atoms with Gasteiger partial charge in [-0.3, -0.25) is 9.59 Å². The number of hydrogen-bond acceptors (Lipinski definition) is 5. The Labute approximate surface area is 157 Å². The lowest BCUT2D eigenvalue weighted by Crippen LogP contribution is -2.21. The molecule has 0 aliphatic rings. The largest absolute Gasteiger partial charge is 0.494 e. The van der Waals surface area contributed by atoms with E-state index in [1.165, 1.54) is 0 Å². The molecule has 2 aromatic carbocycles. The molecule has 0 radical (unpaired) electrons. The third-order valence-electron chi connectivity index (χ3n) is 3.45. The van der Waals surface area contributed by atoms with Crippen LogP contribution in [0.1, 0.15) is 30.6 Å². The van der Waals surface area contributed by atoms with E-state index in [9.17, 15) is 14.4 Å². The number of benzene rings is 2. The van der Waals surface area contributed by atoms with Crippen LogP contribution in [0.5, 0.6) is 5.75 Å². The molecule has 2 amide bonds. The Balaban J connectivity index is 1.83. The first-order valence-electron chi connectivity index (χ1n) is 8.61. The van der Waals surface area contributed by atoms with Gasteiger partial charge in [-0.05, 0) is 62.4 Å². The standard InChI is InChI=1S/C20H22N2O5/c1-3-26-17-11-9-16(10-12-17)22-19(24)13-18(23)21-15-7-5-14(6-8-15)20(25)27-4-2/h5-12H,3-4,13H2,1-2H3,(H,21,23)(H,22,24). The lowest BCUT2D eigenvalue weighted by atomic mass is 10.2. The van der Waals surface area contributed by atoms with Crippen LogP contribution in [0.25, 0.3) is 0 Å². The lowest BCUT2D eigenvalue weighted by Gasteiger charge is -2.08. The zero-order valence-corrected chi connectivity index (χ0v) is 15.3. The summed E-state index contributed by atoms with van der Waals surface area (Å²) in [5.41, 5.74) is 1.46. The molecule has 0 spiro atoms. The second kappa shape index (κ2) is 9.96. The highest BCUT2D eigenvalue weighted by atomic mass is 16.5. The number of ether oxygens (including phenoxy) is 2. The van der Waals surface area contributed by atoms with Crippen molar-refractivity contribution < 1.29 is 23.9 Å². The number of carbonyl (C=O) groups excluding carboxylic acids is 3. The molecule has 2 aromatic rings. The first-order valence-corrected chi connectivity index (χ1v) is 8.61. The summed E-state index contributed by atoms with van der Waals surface area (Å²) in [6.07, 6.45) is -0.327. The van der Waals surface area contributed by atoms with Gasteiger partial charge in [0.1, 0.15) is 12.2 Å². The van der Waals surface area contributed by atoms with Crippen molar-refractivity contribution in [3.05, 3.63) is 54.1 Å². The zero-order valence-electron chi connectivity index (χ0n) is 15.3. The van der Waals surface area contributed by atoms with Gasteiger partial charge in [0.25, 0.3) is 0 Å². The molecule has 0 fully saturated rings. The Morgan fingerprint density at radius 3 is 1.78 bits per heavy atom. The number of rotatable bonds is 8. The van der Waals surface area contributed by atoms with Crippen LogP contribution in [0, 0.1) is 0 Å². The fourth-order valence-corrected chi connectivity index (χ4v) is 2.26. The summed E-state index contributed by atoms with van der Waals surface area (Å²) in [6.45, 7) is 4.47. The topological polar surface area (TPSA) is 93.7 Å². The maximum absolute atomic E-state index is 12.0. The van der Waals surface area contributed by atoms with E-state index < -0.39 is 17.8 Å². The molecule has 7 nitrogen and oxygen atoms in total. The van der Waals surface area contributed by atoms with Gasteiger partial charge in [0.05, 0.1) is 18.8 Å². The van der Waals surface area contributed by atoms with Crippen molar-refractivity contribution in [1.82, 2.24) is 0 Å². The Kier molecular flexibility index (Phi) is 7.37. The van der Waals surface area contributed by atoms with Gasteiger partial charge in [-0.2, -0.15) is 0 Å². The number of esters is 1. The van der Waals surface area contributed by atoms with E-state index in [0.717, 1.165) is 0 Å². The van der Waals surface area contributed by atoms with E-state index in [4.69, 9.17) is 9.47 Å². The second-order valence-corrected chi connectivity index (χ2v) is 5.53.